The van der Waals surface area contributed by atoms with Crippen LogP contribution >= 0.6 is 34.2 Å². The Hall–Kier alpha value is -1.27. The van der Waals surface area contributed by atoms with E-state index in [9.17, 15) is 9.90 Å². The van der Waals surface area contributed by atoms with Crippen LogP contribution in [0.4, 0.5) is 11.4 Å². The molecule has 0 saturated carbocycles. The van der Waals surface area contributed by atoms with Gasteiger partial charge < -0.3 is 10.4 Å². The quantitative estimate of drug-likeness (QED) is 0.751. The second-order valence-electron chi connectivity index (χ2n) is 4.08. The molecule has 19 heavy (non-hydrogen) atoms. The zero-order valence-corrected chi connectivity index (χ0v) is 13.0. The molecular weight excluding hydrogens is 377 g/mol. The Balaban J connectivity index is 2.40. The first-order valence-electron chi connectivity index (χ1n) is 5.53. The van der Waals surface area contributed by atoms with Gasteiger partial charge in [-0.25, -0.2) is 4.79 Å². The largest absolute Gasteiger partial charge is 0.478 e. The molecule has 0 aliphatic heterocycles. The van der Waals surface area contributed by atoms with Gasteiger partial charge in [0.1, 0.15) is 0 Å². The van der Waals surface area contributed by atoms with Gasteiger partial charge in [0.05, 0.1) is 11.3 Å². The minimum absolute atomic E-state index is 0.158. The molecule has 0 aliphatic carbocycles. The third kappa shape index (κ3) is 3.39. The topological polar surface area (TPSA) is 49.3 Å². The Labute approximate surface area is 129 Å². The summed E-state index contributed by atoms with van der Waals surface area (Å²) in [7, 11) is 0. The van der Waals surface area contributed by atoms with Crippen LogP contribution in [0.15, 0.2) is 36.4 Å². The molecule has 0 unspecified atom stereocenters. The number of aryl methyl sites for hydroxylation is 1. The molecule has 0 aliphatic rings. The van der Waals surface area contributed by atoms with E-state index in [0.29, 0.717) is 10.7 Å². The van der Waals surface area contributed by atoms with Crippen LogP contribution in [-0.4, -0.2) is 11.1 Å². The molecular formula is C14H11ClINO2. The highest BCUT2D eigenvalue weighted by atomic mass is 127. The molecule has 0 amide bonds. The highest BCUT2D eigenvalue weighted by Gasteiger charge is 2.11. The van der Waals surface area contributed by atoms with E-state index in [4.69, 9.17) is 11.6 Å². The maximum atomic E-state index is 11.2. The number of halogens is 2. The molecule has 98 valence electrons. The third-order valence-corrected chi connectivity index (χ3v) is 3.58. The highest BCUT2D eigenvalue weighted by Crippen LogP contribution is 2.27. The van der Waals surface area contributed by atoms with E-state index in [2.05, 4.69) is 27.9 Å². The van der Waals surface area contributed by atoms with E-state index >= 15 is 0 Å². The van der Waals surface area contributed by atoms with Gasteiger partial charge in [-0.1, -0.05) is 11.6 Å². The van der Waals surface area contributed by atoms with Crippen molar-refractivity contribution in [1.82, 2.24) is 0 Å². The summed E-state index contributed by atoms with van der Waals surface area (Å²) in [6, 6.07) is 10.7. The molecule has 0 bridgehead atoms. The second-order valence-corrected chi connectivity index (χ2v) is 5.76. The molecule has 2 N–H and O–H groups in total. The first-order valence-corrected chi connectivity index (χ1v) is 6.99. The molecule has 2 aromatic carbocycles. The molecule has 2 rings (SSSR count). The van der Waals surface area contributed by atoms with E-state index in [1.165, 1.54) is 6.07 Å². The van der Waals surface area contributed by atoms with Gasteiger partial charge in [0.15, 0.2) is 0 Å². The number of carboxylic acid groups (broad SMARTS) is 1. The smallest absolute Gasteiger partial charge is 0.337 e. The highest BCUT2D eigenvalue weighted by molar-refractivity contribution is 14.1. The number of rotatable bonds is 3. The first kappa shape index (κ1) is 14.1. The van der Waals surface area contributed by atoms with Crippen molar-refractivity contribution in [3.05, 3.63) is 56.1 Å². The molecule has 3 nitrogen and oxygen atoms in total. The van der Waals surface area contributed by atoms with Crippen LogP contribution in [0.5, 0.6) is 0 Å². The van der Waals surface area contributed by atoms with Gasteiger partial charge >= 0.3 is 5.97 Å². The normalized spacial score (nSPS) is 10.3. The molecule has 0 radical (unpaired) electrons. The average Bonchev–Trinajstić information content (AvgIpc) is 2.34. The van der Waals surface area contributed by atoms with Crippen LogP contribution < -0.4 is 5.32 Å². The lowest BCUT2D eigenvalue weighted by Gasteiger charge is -2.12. The summed E-state index contributed by atoms with van der Waals surface area (Å²) in [5.74, 6) is -1.01. The van der Waals surface area contributed by atoms with Gasteiger partial charge in [0.2, 0.25) is 0 Å². The van der Waals surface area contributed by atoms with Crippen molar-refractivity contribution >= 4 is 51.5 Å². The molecule has 2 aromatic rings. The summed E-state index contributed by atoms with van der Waals surface area (Å²) in [4.78, 5) is 11.2. The molecule has 5 heteroatoms. The summed E-state index contributed by atoms with van der Waals surface area (Å²) < 4.78 is 1.13. The van der Waals surface area contributed by atoms with E-state index in [0.717, 1.165) is 14.8 Å². The maximum Gasteiger partial charge on any atom is 0.337 e. The van der Waals surface area contributed by atoms with Crippen molar-refractivity contribution in [1.29, 1.82) is 0 Å². The fourth-order valence-corrected chi connectivity index (χ4v) is 2.53. The lowest BCUT2D eigenvalue weighted by Crippen LogP contribution is -2.03. The molecule has 0 saturated heterocycles. The van der Waals surface area contributed by atoms with Crippen LogP contribution in [0.2, 0.25) is 5.02 Å². The Morgan fingerprint density at radius 1 is 1.21 bits per heavy atom. The SMILES string of the molecule is Cc1cc(I)ccc1Nc1ccc(Cl)cc1C(=O)O. The van der Waals surface area contributed by atoms with Crippen LogP contribution in [0, 0.1) is 10.5 Å². The van der Waals surface area contributed by atoms with Crippen molar-refractivity contribution in [2.24, 2.45) is 0 Å². The molecule has 0 fully saturated rings. The number of anilines is 2. The van der Waals surface area contributed by atoms with E-state index in [1.54, 1.807) is 12.1 Å². The minimum Gasteiger partial charge on any atom is -0.478 e. The van der Waals surface area contributed by atoms with Gasteiger partial charge in [-0.3, -0.25) is 0 Å². The molecule has 0 heterocycles. The number of hydrogen-bond acceptors (Lipinski definition) is 2. The lowest BCUT2D eigenvalue weighted by atomic mass is 10.1. The van der Waals surface area contributed by atoms with Crippen molar-refractivity contribution < 1.29 is 9.90 Å². The molecule has 0 spiro atoms. The van der Waals surface area contributed by atoms with Crippen LogP contribution in [0.3, 0.4) is 0 Å². The van der Waals surface area contributed by atoms with Gasteiger partial charge in [-0.2, -0.15) is 0 Å². The second kappa shape index (κ2) is 5.79. The number of aromatic carboxylic acids is 1. The molecule has 0 aromatic heterocycles. The maximum absolute atomic E-state index is 11.2. The third-order valence-electron chi connectivity index (χ3n) is 2.67. The van der Waals surface area contributed by atoms with Crippen molar-refractivity contribution in [2.75, 3.05) is 5.32 Å². The fraction of sp³-hybridized carbons (Fsp3) is 0.0714. The Morgan fingerprint density at radius 3 is 2.53 bits per heavy atom. The Bertz CT molecular complexity index is 643. The van der Waals surface area contributed by atoms with Gasteiger partial charge in [0, 0.05) is 14.3 Å². The minimum atomic E-state index is -1.01. The predicted octanol–water partition coefficient (Wildman–Crippen LogP) is 4.69. The molecule has 0 atom stereocenters. The number of nitrogens with one attached hydrogen (secondary N) is 1. The number of carboxylic acids is 1. The van der Waals surface area contributed by atoms with Crippen LogP contribution in [-0.2, 0) is 0 Å². The Kier molecular flexibility index (Phi) is 4.31. The summed E-state index contributed by atoms with van der Waals surface area (Å²) in [6.07, 6.45) is 0. The number of hydrogen-bond donors (Lipinski definition) is 2. The van der Waals surface area contributed by atoms with E-state index in [1.807, 2.05) is 25.1 Å². The number of benzene rings is 2. The fourth-order valence-electron chi connectivity index (χ4n) is 1.71. The van der Waals surface area contributed by atoms with Gasteiger partial charge in [-0.15, -0.1) is 0 Å². The monoisotopic (exact) mass is 387 g/mol. The van der Waals surface area contributed by atoms with Crippen LogP contribution in [0.25, 0.3) is 0 Å². The van der Waals surface area contributed by atoms with Gasteiger partial charge in [-0.05, 0) is 71.5 Å². The van der Waals surface area contributed by atoms with E-state index in [-0.39, 0.29) is 5.56 Å². The summed E-state index contributed by atoms with van der Waals surface area (Å²) in [5, 5.41) is 12.7. The Morgan fingerprint density at radius 2 is 1.89 bits per heavy atom. The first-order chi connectivity index (χ1) is 8.97. The van der Waals surface area contributed by atoms with Crippen molar-refractivity contribution in [3.63, 3.8) is 0 Å². The average molecular weight is 388 g/mol. The standard InChI is InChI=1S/C14H11ClINO2/c1-8-6-10(16)3-5-12(8)17-13-4-2-9(15)7-11(13)14(18)19/h2-7,17H,1H3,(H,18,19). The lowest BCUT2D eigenvalue weighted by molar-refractivity contribution is 0.0698. The summed E-state index contributed by atoms with van der Waals surface area (Å²) in [5.41, 5.74) is 2.62. The summed E-state index contributed by atoms with van der Waals surface area (Å²) >= 11 is 8.06. The van der Waals surface area contributed by atoms with E-state index < -0.39 is 5.97 Å². The van der Waals surface area contributed by atoms with Crippen LogP contribution in [0.1, 0.15) is 15.9 Å². The summed E-state index contributed by atoms with van der Waals surface area (Å²) in [6.45, 7) is 1.97. The predicted molar refractivity (Wildman–Crippen MR) is 85.6 cm³/mol. The van der Waals surface area contributed by atoms with Crippen molar-refractivity contribution in [2.45, 2.75) is 6.92 Å². The zero-order chi connectivity index (χ0) is 14.0. The van der Waals surface area contributed by atoms with Gasteiger partial charge in [0.25, 0.3) is 0 Å². The zero-order valence-electron chi connectivity index (χ0n) is 10.1. The number of carbonyl (C=O) groups is 1. The van der Waals surface area contributed by atoms with Crippen molar-refractivity contribution in [3.8, 4) is 0 Å².